The Bertz CT molecular complexity index is 574. The van der Waals surface area contributed by atoms with Crippen LogP contribution in [-0.2, 0) is 47.7 Å². The Hall–Kier alpha value is -2.20. The lowest BCUT2D eigenvalue weighted by molar-refractivity contribution is -0.289. The summed E-state index contributed by atoms with van der Waals surface area (Å²) in [6, 6.07) is 0. The minimum absolute atomic E-state index is 0.819. The molecular weight excluding hydrogens is 364 g/mol. The van der Waals surface area contributed by atoms with E-state index in [4.69, 9.17) is 35.3 Å². The summed E-state index contributed by atoms with van der Waals surface area (Å²) < 4.78 is 25.1. The monoisotopic (exact) mass is 380 g/mol. The van der Waals surface area contributed by atoms with Gasteiger partial charge in [-0.05, 0) is 11.6 Å². The Morgan fingerprint density at radius 3 is 1.48 bits per heavy atom. The van der Waals surface area contributed by atoms with Crippen LogP contribution in [0.15, 0.2) is 0 Å². The summed E-state index contributed by atoms with van der Waals surface area (Å²) in [5.74, 6) is -3.31. The van der Waals surface area contributed by atoms with Gasteiger partial charge >= 0.3 is 23.9 Å². The van der Waals surface area contributed by atoms with Crippen LogP contribution in [0.5, 0.6) is 0 Å². The van der Waals surface area contributed by atoms with Gasteiger partial charge in [0.2, 0.25) is 12.4 Å². The van der Waals surface area contributed by atoms with Crippen molar-refractivity contribution in [2.75, 3.05) is 0 Å². The fraction of sp³-hybridized carbons (Fsp3) is 0.643. The van der Waals surface area contributed by atoms with Crippen LogP contribution in [0, 0.1) is 0 Å². The molecule has 0 bridgehead atoms. The van der Waals surface area contributed by atoms with Crippen molar-refractivity contribution in [1.29, 1.82) is 0 Å². The fourth-order valence-electron chi connectivity index (χ4n) is 2.22. The quantitative estimate of drug-likeness (QED) is 0.360. The van der Waals surface area contributed by atoms with E-state index in [0.29, 0.717) is 0 Å². The van der Waals surface area contributed by atoms with Crippen LogP contribution in [0.3, 0.4) is 0 Å². The SMILES string of the molecule is CC(=O)O[C@@H]1O[C@H](C(=O)Cl)[C@@H](OC(C)=O)[C@H](OC(C)=O)[C@H]1OC(C)=O. The van der Waals surface area contributed by atoms with Crippen molar-refractivity contribution in [3.05, 3.63) is 0 Å². The van der Waals surface area contributed by atoms with E-state index in [1.807, 2.05) is 0 Å². The molecule has 25 heavy (non-hydrogen) atoms. The molecule has 1 heterocycles. The molecule has 0 radical (unpaired) electrons. The molecule has 1 fully saturated rings. The molecule has 0 aromatic heterocycles. The van der Waals surface area contributed by atoms with Crippen LogP contribution in [0.2, 0.25) is 0 Å². The first-order chi connectivity index (χ1) is 11.5. The van der Waals surface area contributed by atoms with E-state index in [1.165, 1.54) is 0 Å². The lowest BCUT2D eigenvalue weighted by atomic mass is 9.98. The average molecular weight is 381 g/mol. The molecule has 11 heteroatoms. The van der Waals surface area contributed by atoms with Gasteiger partial charge in [-0.1, -0.05) is 0 Å². The molecular formula is C14H17ClO10. The second-order valence-corrected chi connectivity index (χ2v) is 5.43. The summed E-state index contributed by atoms with van der Waals surface area (Å²) in [5, 5.41) is -1.10. The van der Waals surface area contributed by atoms with E-state index >= 15 is 0 Å². The summed E-state index contributed by atoms with van der Waals surface area (Å²) in [6.07, 6.45) is -7.71. The largest absolute Gasteiger partial charge is 0.455 e. The molecule has 1 saturated heterocycles. The molecule has 0 N–H and O–H groups in total. The molecule has 10 nitrogen and oxygen atoms in total. The van der Waals surface area contributed by atoms with E-state index in [2.05, 4.69) is 0 Å². The van der Waals surface area contributed by atoms with Crippen LogP contribution < -0.4 is 0 Å². The predicted molar refractivity (Wildman–Crippen MR) is 77.9 cm³/mol. The Balaban J connectivity index is 3.33. The number of halogens is 1. The van der Waals surface area contributed by atoms with Gasteiger partial charge < -0.3 is 23.7 Å². The van der Waals surface area contributed by atoms with Gasteiger partial charge in [-0.15, -0.1) is 0 Å². The Labute approximate surface area is 147 Å². The first-order valence-electron chi connectivity index (χ1n) is 7.06. The molecule has 0 aromatic carbocycles. The van der Waals surface area contributed by atoms with Crippen molar-refractivity contribution in [2.24, 2.45) is 0 Å². The second kappa shape index (κ2) is 8.77. The average Bonchev–Trinajstić information content (AvgIpc) is 2.42. The van der Waals surface area contributed by atoms with Gasteiger partial charge in [0.15, 0.2) is 18.3 Å². The van der Waals surface area contributed by atoms with Crippen LogP contribution >= 0.6 is 11.6 Å². The van der Waals surface area contributed by atoms with Gasteiger partial charge in [0.05, 0.1) is 0 Å². The van der Waals surface area contributed by atoms with Gasteiger partial charge in [-0.2, -0.15) is 0 Å². The zero-order valence-electron chi connectivity index (χ0n) is 13.8. The summed E-state index contributed by atoms with van der Waals surface area (Å²) in [7, 11) is 0. The Kier molecular flexibility index (Phi) is 7.31. The zero-order valence-corrected chi connectivity index (χ0v) is 14.6. The van der Waals surface area contributed by atoms with E-state index < -0.39 is 59.8 Å². The van der Waals surface area contributed by atoms with Crippen LogP contribution in [0.25, 0.3) is 0 Å². The molecule has 0 spiro atoms. The van der Waals surface area contributed by atoms with Crippen LogP contribution in [0.4, 0.5) is 0 Å². The van der Waals surface area contributed by atoms with Crippen molar-refractivity contribution in [1.82, 2.24) is 0 Å². The van der Waals surface area contributed by atoms with E-state index in [0.717, 1.165) is 27.7 Å². The molecule has 1 rings (SSSR count). The molecule has 0 aromatic rings. The third-order valence-electron chi connectivity index (χ3n) is 2.91. The maximum atomic E-state index is 11.6. The topological polar surface area (TPSA) is 132 Å². The van der Waals surface area contributed by atoms with Gasteiger partial charge in [-0.25, -0.2) is 0 Å². The first kappa shape index (κ1) is 20.8. The minimum atomic E-state index is -1.62. The van der Waals surface area contributed by atoms with Gasteiger partial charge in [-0.3, -0.25) is 24.0 Å². The molecule has 5 atom stereocenters. The van der Waals surface area contributed by atoms with E-state index in [9.17, 15) is 24.0 Å². The highest BCUT2D eigenvalue weighted by atomic mass is 35.5. The Morgan fingerprint density at radius 1 is 0.680 bits per heavy atom. The maximum Gasteiger partial charge on any atom is 0.305 e. The third kappa shape index (κ3) is 5.98. The second-order valence-electron chi connectivity index (χ2n) is 5.06. The Morgan fingerprint density at radius 2 is 1.08 bits per heavy atom. The summed E-state index contributed by atoms with van der Waals surface area (Å²) in [4.78, 5) is 57.0. The zero-order chi connectivity index (χ0) is 19.3. The van der Waals surface area contributed by atoms with E-state index in [-0.39, 0.29) is 0 Å². The minimum Gasteiger partial charge on any atom is -0.455 e. The van der Waals surface area contributed by atoms with Crippen molar-refractivity contribution < 1.29 is 47.7 Å². The number of ether oxygens (including phenoxy) is 5. The van der Waals surface area contributed by atoms with Crippen molar-refractivity contribution in [3.8, 4) is 0 Å². The van der Waals surface area contributed by atoms with E-state index in [1.54, 1.807) is 0 Å². The summed E-state index contributed by atoms with van der Waals surface area (Å²) >= 11 is 5.45. The predicted octanol–water partition coefficient (Wildman–Crippen LogP) is -0.165. The molecule has 0 amide bonds. The van der Waals surface area contributed by atoms with Crippen molar-refractivity contribution in [2.45, 2.75) is 58.4 Å². The molecule has 0 aliphatic carbocycles. The molecule has 0 unspecified atom stereocenters. The lowest BCUT2D eigenvalue weighted by Crippen LogP contribution is -2.63. The molecule has 0 saturated carbocycles. The highest BCUT2D eigenvalue weighted by Crippen LogP contribution is 2.30. The van der Waals surface area contributed by atoms with Gasteiger partial charge in [0.25, 0.3) is 5.24 Å². The lowest BCUT2D eigenvalue weighted by Gasteiger charge is -2.42. The molecule has 1 aliphatic heterocycles. The number of hydrogen-bond acceptors (Lipinski definition) is 10. The molecule has 140 valence electrons. The van der Waals surface area contributed by atoms with Crippen LogP contribution in [-0.4, -0.2) is 59.8 Å². The van der Waals surface area contributed by atoms with Gasteiger partial charge in [0.1, 0.15) is 0 Å². The number of rotatable bonds is 5. The number of esters is 4. The molecule has 1 aliphatic rings. The van der Waals surface area contributed by atoms with Crippen molar-refractivity contribution in [3.63, 3.8) is 0 Å². The fourth-order valence-corrected chi connectivity index (χ4v) is 2.39. The summed E-state index contributed by atoms with van der Waals surface area (Å²) in [6.45, 7) is 4.18. The third-order valence-corrected chi connectivity index (χ3v) is 3.12. The maximum absolute atomic E-state index is 11.6. The number of carbonyl (C=O) groups excluding carboxylic acids is 5. The normalized spacial score (nSPS) is 28.4. The summed E-state index contributed by atoms with van der Waals surface area (Å²) in [5.41, 5.74) is 0. The standard InChI is InChI=1S/C14H17ClO10/c1-5(16)21-9-10(22-6(2)17)12(23-7(3)18)14(24-8(4)19)25-11(9)13(15)20/h9-12,14H,1-4H3/t9-,10-,11-,12+,14+/m0/s1. The van der Waals surface area contributed by atoms with Crippen molar-refractivity contribution >= 4 is 40.7 Å². The number of carbonyl (C=O) groups is 5. The highest BCUT2D eigenvalue weighted by Gasteiger charge is 2.55. The highest BCUT2D eigenvalue weighted by molar-refractivity contribution is 6.64. The van der Waals surface area contributed by atoms with Gasteiger partial charge in [0, 0.05) is 27.7 Å². The number of hydrogen-bond donors (Lipinski definition) is 0. The van der Waals surface area contributed by atoms with Crippen LogP contribution in [0.1, 0.15) is 27.7 Å². The smallest absolute Gasteiger partial charge is 0.305 e. The first-order valence-corrected chi connectivity index (χ1v) is 7.44.